The monoisotopic (exact) mass is 247 g/mol. The summed E-state index contributed by atoms with van der Waals surface area (Å²) in [7, 11) is 1.47. The second-order valence-electron chi connectivity index (χ2n) is 4.94. The Labute approximate surface area is 109 Å². The Kier molecular flexibility index (Phi) is 4.37. The molecule has 1 aliphatic rings. The van der Waals surface area contributed by atoms with Crippen LogP contribution in [0.2, 0.25) is 0 Å². The Bertz CT molecular complexity index is 391. The lowest BCUT2D eigenvalue weighted by molar-refractivity contribution is -0.153. The molecule has 1 saturated heterocycles. The number of benzene rings is 1. The maximum atomic E-state index is 11.5. The van der Waals surface area contributed by atoms with Crippen LogP contribution >= 0.6 is 0 Å². The third-order valence-corrected chi connectivity index (χ3v) is 3.79. The maximum absolute atomic E-state index is 11.5. The Morgan fingerprint density at radius 3 is 2.72 bits per heavy atom. The highest BCUT2D eigenvalue weighted by Crippen LogP contribution is 2.24. The highest BCUT2D eigenvalue weighted by Gasteiger charge is 2.37. The number of hydrogen-bond acceptors (Lipinski definition) is 3. The number of hydrogen-bond donors (Lipinski definition) is 0. The Balaban J connectivity index is 1.82. The van der Waals surface area contributed by atoms with Crippen molar-refractivity contribution >= 4 is 5.97 Å². The minimum absolute atomic E-state index is 0.0132. The van der Waals surface area contributed by atoms with Gasteiger partial charge in [0.15, 0.2) is 0 Å². The quantitative estimate of drug-likeness (QED) is 0.747. The van der Waals surface area contributed by atoms with Crippen molar-refractivity contribution < 1.29 is 9.53 Å². The highest BCUT2D eigenvalue weighted by molar-refractivity contribution is 5.76. The van der Waals surface area contributed by atoms with Gasteiger partial charge in [0, 0.05) is 12.6 Å². The summed E-state index contributed by atoms with van der Waals surface area (Å²) < 4.78 is 4.82. The molecular weight excluding hydrogens is 226 g/mol. The summed E-state index contributed by atoms with van der Waals surface area (Å²) >= 11 is 0. The third kappa shape index (κ3) is 2.91. The van der Waals surface area contributed by atoms with Crippen LogP contribution in [0.5, 0.6) is 0 Å². The number of esters is 1. The van der Waals surface area contributed by atoms with E-state index in [0.29, 0.717) is 6.04 Å². The zero-order valence-electron chi connectivity index (χ0n) is 11.1. The van der Waals surface area contributed by atoms with Crippen LogP contribution in [0.4, 0.5) is 0 Å². The van der Waals surface area contributed by atoms with Gasteiger partial charge in [-0.05, 0) is 31.7 Å². The van der Waals surface area contributed by atoms with Gasteiger partial charge in [-0.15, -0.1) is 0 Å². The fourth-order valence-electron chi connectivity index (χ4n) is 2.51. The standard InChI is InChI=1S/C15H21NO2/c1-12(8-9-13-6-4-3-5-7-13)16-11-10-14(16)15(17)18-2/h3-7,12,14H,8-11H2,1-2H3. The molecule has 1 aromatic carbocycles. The lowest BCUT2D eigenvalue weighted by Crippen LogP contribution is -2.56. The first kappa shape index (κ1) is 13.1. The molecule has 0 aromatic heterocycles. The lowest BCUT2D eigenvalue weighted by atomic mass is 9.97. The summed E-state index contributed by atoms with van der Waals surface area (Å²) in [5.74, 6) is -0.0900. The molecule has 2 rings (SSSR count). The Morgan fingerprint density at radius 1 is 1.44 bits per heavy atom. The van der Waals surface area contributed by atoms with E-state index in [0.717, 1.165) is 25.8 Å². The average molecular weight is 247 g/mol. The van der Waals surface area contributed by atoms with Gasteiger partial charge in [-0.1, -0.05) is 30.3 Å². The van der Waals surface area contributed by atoms with Gasteiger partial charge in [-0.2, -0.15) is 0 Å². The van der Waals surface area contributed by atoms with Crippen LogP contribution in [-0.4, -0.2) is 36.6 Å². The Morgan fingerprint density at radius 2 is 2.17 bits per heavy atom. The molecule has 2 atom stereocenters. The maximum Gasteiger partial charge on any atom is 0.323 e. The fraction of sp³-hybridized carbons (Fsp3) is 0.533. The first-order chi connectivity index (χ1) is 8.72. The predicted molar refractivity (Wildman–Crippen MR) is 71.4 cm³/mol. The number of carbonyl (C=O) groups is 1. The molecule has 3 nitrogen and oxygen atoms in total. The van der Waals surface area contributed by atoms with Crippen molar-refractivity contribution in [3.05, 3.63) is 35.9 Å². The molecule has 1 fully saturated rings. The van der Waals surface area contributed by atoms with Crippen molar-refractivity contribution in [1.82, 2.24) is 4.90 Å². The number of methoxy groups -OCH3 is 1. The highest BCUT2D eigenvalue weighted by atomic mass is 16.5. The van der Waals surface area contributed by atoms with Gasteiger partial charge < -0.3 is 4.74 Å². The van der Waals surface area contributed by atoms with Gasteiger partial charge in [-0.25, -0.2) is 0 Å². The molecule has 0 saturated carbocycles. The molecular formula is C15H21NO2. The summed E-state index contributed by atoms with van der Waals surface area (Å²) in [6.07, 6.45) is 3.08. The number of nitrogens with zero attached hydrogens (tertiary/aromatic N) is 1. The smallest absolute Gasteiger partial charge is 0.323 e. The van der Waals surface area contributed by atoms with Gasteiger partial charge in [-0.3, -0.25) is 9.69 Å². The first-order valence-corrected chi connectivity index (χ1v) is 6.60. The number of aryl methyl sites for hydroxylation is 1. The molecule has 1 aliphatic heterocycles. The van der Waals surface area contributed by atoms with E-state index in [-0.39, 0.29) is 12.0 Å². The molecule has 0 bridgehead atoms. The van der Waals surface area contributed by atoms with Gasteiger partial charge in [0.05, 0.1) is 7.11 Å². The lowest BCUT2D eigenvalue weighted by Gasteiger charge is -2.43. The van der Waals surface area contributed by atoms with Crippen molar-refractivity contribution in [2.24, 2.45) is 0 Å². The minimum atomic E-state index is -0.0900. The van der Waals surface area contributed by atoms with Crippen LogP contribution in [0.15, 0.2) is 30.3 Å². The van der Waals surface area contributed by atoms with E-state index in [1.807, 2.05) is 6.07 Å². The summed E-state index contributed by atoms with van der Waals surface area (Å²) in [5, 5.41) is 0. The number of carbonyl (C=O) groups excluding carboxylic acids is 1. The van der Waals surface area contributed by atoms with Crippen LogP contribution in [0.25, 0.3) is 0 Å². The van der Waals surface area contributed by atoms with E-state index in [4.69, 9.17) is 4.74 Å². The molecule has 0 spiro atoms. The normalized spacial score (nSPS) is 21.1. The first-order valence-electron chi connectivity index (χ1n) is 6.60. The topological polar surface area (TPSA) is 29.5 Å². The van der Waals surface area contributed by atoms with Crippen LogP contribution in [0.1, 0.15) is 25.3 Å². The van der Waals surface area contributed by atoms with Crippen LogP contribution in [-0.2, 0) is 16.0 Å². The second kappa shape index (κ2) is 6.01. The summed E-state index contributed by atoms with van der Waals surface area (Å²) in [6.45, 7) is 3.20. The molecule has 98 valence electrons. The SMILES string of the molecule is COC(=O)C1CCN1C(C)CCc1ccccc1. The van der Waals surface area contributed by atoms with E-state index < -0.39 is 0 Å². The van der Waals surface area contributed by atoms with Crippen molar-refractivity contribution in [1.29, 1.82) is 0 Å². The number of rotatable bonds is 5. The molecule has 0 aliphatic carbocycles. The van der Waals surface area contributed by atoms with E-state index in [1.165, 1.54) is 12.7 Å². The largest absolute Gasteiger partial charge is 0.468 e. The Hall–Kier alpha value is -1.35. The van der Waals surface area contributed by atoms with E-state index in [9.17, 15) is 4.79 Å². The van der Waals surface area contributed by atoms with Crippen molar-refractivity contribution in [2.45, 2.75) is 38.3 Å². The summed E-state index contributed by atoms with van der Waals surface area (Å²) in [4.78, 5) is 13.8. The molecule has 0 radical (unpaired) electrons. The predicted octanol–water partition coefficient (Wildman–Crippen LogP) is 2.25. The van der Waals surface area contributed by atoms with Gasteiger partial charge in [0.1, 0.15) is 6.04 Å². The van der Waals surface area contributed by atoms with Crippen molar-refractivity contribution in [2.75, 3.05) is 13.7 Å². The average Bonchev–Trinajstić information content (AvgIpc) is 2.36. The van der Waals surface area contributed by atoms with Gasteiger partial charge in [0.25, 0.3) is 0 Å². The molecule has 1 aromatic rings. The fourth-order valence-corrected chi connectivity index (χ4v) is 2.51. The van der Waals surface area contributed by atoms with Crippen LogP contribution < -0.4 is 0 Å². The zero-order valence-corrected chi connectivity index (χ0v) is 11.1. The molecule has 18 heavy (non-hydrogen) atoms. The number of ether oxygens (including phenoxy) is 1. The van der Waals surface area contributed by atoms with E-state index >= 15 is 0 Å². The summed E-state index contributed by atoms with van der Waals surface area (Å²) in [6, 6.07) is 10.9. The van der Waals surface area contributed by atoms with Crippen molar-refractivity contribution in [3.63, 3.8) is 0 Å². The molecule has 3 heteroatoms. The van der Waals surface area contributed by atoms with Crippen LogP contribution in [0, 0.1) is 0 Å². The van der Waals surface area contributed by atoms with Gasteiger partial charge >= 0.3 is 5.97 Å². The molecule has 1 heterocycles. The van der Waals surface area contributed by atoms with Crippen molar-refractivity contribution in [3.8, 4) is 0 Å². The molecule has 2 unspecified atom stereocenters. The zero-order chi connectivity index (χ0) is 13.0. The van der Waals surface area contributed by atoms with Gasteiger partial charge in [0.2, 0.25) is 0 Å². The van der Waals surface area contributed by atoms with Crippen LogP contribution in [0.3, 0.4) is 0 Å². The van der Waals surface area contributed by atoms with E-state index in [2.05, 4.69) is 36.1 Å². The van der Waals surface area contributed by atoms with E-state index in [1.54, 1.807) is 0 Å². The minimum Gasteiger partial charge on any atom is -0.468 e. The molecule has 0 N–H and O–H groups in total. The number of likely N-dealkylation sites (tertiary alicyclic amines) is 1. The second-order valence-corrected chi connectivity index (χ2v) is 4.94. The summed E-state index contributed by atoms with van der Waals surface area (Å²) in [5.41, 5.74) is 1.36. The molecule has 0 amide bonds. The third-order valence-electron chi connectivity index (χ3n) is 3.79.